The molecule has 0 atom stereocenters. The van der Waals surface area contributed by atoms with Gasteiger partial charge in [-0.3, -0.25) is 9.59 Å². The number of carbonyl (C=O) groups excluding carboxylic acids is 3. The smallest absolute Gasteiger partial charge is 0.410 e. The molecule has 0 fully saturated rings. The number of anilines is 1. The molecule has 25 heavy (non-hydrogen) atoms. The van der Waals surface area contributed by atoms with Gasteiger partial charge in [0.25, 0.3) is 0 Å². The molecule has 3 amide bonds. The van der Waals surface area contributed by atoms with Crippen LogP contribution in [0.25, 0.3) is 0 Å². The molecule has 1 aromatic rings. The van der Waals surface area contributed by atoms with Gasteiger partial charge in [-0.2, -0.15) is 0 Å². The molecule has 1 aromatic carbocycles. The van der Waals surface area contributed by atoms with Crippen LogP contribution in [0.1, 0.15) is 20.8 Å². The molecule has 0 bridgehead atoms. The topological polar surface area (TPSA) is 79.0 Å². The van der Waals surface area contributed by atoms with Crippen molar-refractivity contribution >= 4 is 35.2 Å². The number of carbonyl (C=O) groups is 3. The first kappa shape index (κ1) is 20.8. The summed E-state index contributed by atoms with van der Waals surface area (Å²) in [4.78, 5) is 38.4. The summed E-state index contributed by atoms with van der Waals surface area (Å²) in [6, 6.07) is 6.81. The maximum Gasteiger partial charge on any atom is 0.410 e. The molecule has 0 saturated heterocycles. The lowest BCUT2D eigenvalue weighted by atomic mass is 10.2. The molecule has 0 radical (unpaired) electrons. The van der Waals surface area contributed by atoms with Crippen LogP contribution in [0, 0.1) is 0 Å². The van der Waals surface area contributed by atoms with E-state index in [1.807, 2.05) is 0 Å². The Morgan fingerprint density at radius 3 is 2.24 bits per heavy atom. The molecule has 8 heteroatoms. The van der Waals surface area contributed by atoms with E-state index in [4.69, 9.17) is 16.3 Å². The van der Waals surface area contributed by atoms with Crippen molar-refractivity contribution < 1.29 is 19.1 Å². The van der Waals surface area contributed by atoms with Gasteiger partial charge in [0.1, 0.15) is 12.1 Å². The van der Waals surface area contributed by atoms with Crippen molar-refractivity contribution in [1.82, 2.24) is 9.80 Å². The number of hydrogen-bond acceptors (Lipinski definition) is 4. The number of halogens is 1. The standard InChI is InChI=1S/C17H24ClN3O4/c1-17(2,3)25-16(24)21(5)11-15(23)20(4)10-14(22)19-13-9-7-6-8-12(13)18/h6-9H,10-11H2,1-5H3,(H,19,22). The second kappa shape index (κ2) is 8.71. The number of rotatable bonds is 5. The van der Waals surface area contributed by atoms with E-state index in [9.17, 15) is 14.4 Å². The molecule has 0 aliphatic rings. The van der Waals surface area contributed by atoms with Crippen molar-refractivity contribution in [2.24, 2.45) is 0 Å². The van der Waals surface area contributed by atoms with E-state index < -0.39 is 11.7 Å². The highest BCUT2D eigenvalue weighted by Crippen LogP contribution is 2.20. The van der Waals surface area contributed by atoms with E-state index in [2.05, 4.69) is 5.32 Å². The van der Waals surface area contributed by atoms with Gasteiger partial charge in [0.2, 0.25) is 11.8 Å². The molecule has 0 heterocycles. The van der Waals surface area contributed by atoms with Gasteiger partial charge in [-0.1, -0.05) is 23.7 Å². The van der Waals surface area contributed by atoms with Crippen LogP contribution in [0.4, 0.5) is 10.5 Å². The maximum absolute atomic E-state index is 12.1. The molecule has 1 N–H and O–H groups in total. The molecule has 1 rings (SSSR count). The van der Waals surface area contributed by atoms with Crippen molar-refractivity contribution in [1.29, 1.82) is 0 Å². The second-order valence-corrected chi connectivity index (χ2v) is 7.02. The van der Waals surface area contributed by atoms with Gasteiger partial charge >= 0.3 is 6.09 Å². The van der Waals surface area contributed by atoms with Crippen LogP contribution >= 0.6 is 11.6 Å². The van der Waals surface area contributed by atoms with Crippen LogP contribution in [0.15, 0.2) is 24.3 Å². The van der Waals surface area contributed by atoms with Gasteiger partial charge in [-0.15, -0.1) is 0 Å². The zero-order valence-corrected chi connectivity index (χ0v) is 15.9. The Balaban J connectivity index is 2.52. The van der Waals surface area contributed by atoms with Gasteiger partial charge in [-0.25, -0.2) is 4.79 Å². The number of likely N-dealkylation sites (N-methyl/N-ethyl adjacent to an activating group) is 2. The Morgan fingerprint density at radius 1 is 1.08 bits per heavy atom. The Labute approximate surface area is 152 Å². The lowest BCUT2D eigenvalue weighted by Gasteiger charge is -2.25. The number of para-hydroxylation sites is 1. The first-order valence-corrected chi connectivity index (χ1v) is 8.10. The summed E-state index contributed by atoms with van der Waals surface area (Å²) in [5.41, 5.74) is -0.171. The third-order valence-electron chi connectivity index (χ3n) is 3.03. The highest BCUT2D eigenvalue weighted by atomic mass is 35.5. The largest absolute Gasteiger partial charge is 0.444 e. The molecule has 0 aromatic heterocycles. The Kier molecular flexibility index (Phi) is 7.23. The number of amides is 3. The fraction of sp³-hybridized carbons (Fsp3) is 0.471. The predicted molar refractivity (Wildman–Crippen MR) is 96.6 cm³/mol. The summed E-state index contributed by atoms with van der Waals surface area (Å²) >= 11 is 5.97. The molecule has 0 saturated carbocycles. The summed E-state index contributed by atoms with van der Waals surface area (Å²) < 4.78 is 5.18. The number of nitrogens with one attached hydrogen (secondary N) is 1. The quantitative estimate of drug-likeness (QED) is 0.865. The average Bonchev–Trinajstić information content (AvgIpc) is 2.47. The van der Waals surface area contributed by atoms with Crippen molar-refractivity contribution in [2.75, 3.05) is 32.5 Å². The summed E-state index contributed by atoms with van der Waals surface area (Å²) in [7, 11) is 2.95. The van der Waals surface area contributed by atoms with Crippen molar-refractivity contribution in [3.05, 3.63) is 29.3 Å². The zero-order chi connectivity index (χ0) is 19.2. The van der Waals surface area contributed by atoms with Crippen LogP contribution in [0.5, 0.6) is 0 Å². The monoisotopic (exact) mass is 369 g/mol. The van der Waals surface area contributed by atoms with Crippen LogP contribution in [-0.4, -0.2) is 60.5 Å². The normalized spacial score (nSPS) is 10.8. The number of ether oxygens (including phenoxy) is 1. The van der Waals surface area contributed by atoms with Crippen molar-refractivity contribution in [2.45, 2.75) is 26.4 Å². The van der Waals surface area contributed by atoms with Crippen LogP contribution in [0.3, 0.4) is 0 Å². The van der Waals surface area contributed by atoms with Gasteiger partial charge in [0.05, 0.1) is 17.3 Å². The van der Waals surface area contributed by atoms with E-state index in [-0.39, 0.29) is 24.9 Å². The molecule has 0 spiro atoms. The number of nitrogens with zero attached hydrogens (tertiary/aromatic N) is 2. The van der Waals surface area contributed by atoms with E-state index in [1.165, 1.54) is 19.0 Å². The molecule has 0 aliphatic heterocycles. The minimum absolute atomic E-state index is 0.161. The van der Waals surface area contributed by atoms with Gasteiger partial charge in [-0.05, 0) is 32.9 Å². The Morgan fingerprint density at radius 2 is 1.68 bits per heavy atom. The lowest BCUT2D eigenvalue weighted by molar-refractivity contribution is -0.134. The molecule has 0 unspecified atom stereocenters. The van der Waals surface area contributed by atoms with Crippen LogP contribution in [-0.2, 0) is 14.3 Å². The van der Waals surface area contributed by atoms with Crippen molar-refractivity contribution in [3.8, 4) is 0 Å². The third kappa shape index (κ3) is 7.43. The van der Waals surface area contributed by atoms with E-state index in [0.717, 1.165) is 4.90 Å². The first-order valence-electron chi connectivity index (χ1n) is 7.72. The van der Waals surface area contributed by atoms with Crippen molar-refractivity contribution in [3.63, 3.8) is 0 Å². The molecular weight excluding hydrogens is 346 g/mol. The minimum atomic E-state index is -0.644. The maximum atomic E-state index is 12.1. The van der Waals surface area contributed by atoms with Gasteiger partial charge in [0.15, 0.2) is 0 Å². The summed E-state index contributed by atoms with van der Waals surface area (Å²) in [5, 5.41) is 3.04. The summed E-state index contributed by atoms with van der Waals surface area (Å²) in [5.74, 6) is -0.772. The molecule has 138 valence electrons. The lowest BCUT2D eigenvalue weighted by Crippen LogP contribution is -2.43. The van der Waals surface area contributed by atoms with E-state index in [1.54, 1.807) is 45.0 Å². The highest BCUT2D eigenvalue weighted by molar-refractivity contribution is 6.33. The fourth-order valence-corrected chi connectivity index (χ4v) is 1.97. The fourth-order valence-electron chi connectivity index (χ4n) is 1.78. The van der Waals surface area contributed by atoms with E-state index in [0.29, 0.717) is 10.7 Å². The van der Waals surface area contributed by atoms with E-state index >= 15 is 0 Å². The first-order chi connectivity index (χ1) is 11.5. The van der Waals surface area contributed by atoms with Gasteiger partial charge < -0.3 is 19.9 Å². The summed E-state index contributed by atoms with van der Waals surface area (Å²) in [6.07, 6.45) is -0.602. The molecular formula is C17H24ClN3O4. The van der Waals surface area contributed by atoms with Gasteiger partial charge in [0, 0.05) is 14.1 Å². The number of hydrogen-bond donors (Lipinski definition) is 1. The SMILES string of the molecule is CN(CC(=O)Nc1ccccc1Cl)C(=O)CN(C)C(=O)OC(C)(C)C. The van der Waals surface area contributed by atoms with Crippen LogP contribution < -0.4 is 5.32 Å². The highest BCUT2D eigenvalue weighted by Gasteiger charge is 2.23. The summed E-state index contributed by atoms with van der Waals surface area (Å²) in [6.45, 7) is 4.88. The molecule has 7 nitrogen and oxygen atoms in total. The second-order valence-electron chi connectivity index (χ2n) is 6.61. The Bertz CT molecular complexity index is 643. The minimum Gasteiger partial charge on any atom is -0.444 e. The Hall–Kier alpha value is -2.28. The predicted octanol–water partition coefficient (Wildman–Crippen LogP) is 2.60. The van der Waals surface area contributed by atoms with Crippen LogP contribution in [0.2, 0.25) is 5.02 Å². The number of benzene rings is 1. The average molecular weight is 370 g/mol. The zero-order valence-electron chi connectivity index (χ0n) is 15.1. The third-order valence-corrected chi connectivity index (χ3v) is 3.36. The molecule has 0 aliphatic carbocycles.